The highest BCUT2D eigenvalue weighted by atomic mass is 19.4. The van der Waals surface area contributed by atoms with Gasteiger partial charge in [0.25, 0.3) is 0 Å². The van der Waals surface area contributed by atoms with Gasteiger partial charge in [0.05, 0.1) is 18.8 Å². The Morgan fingerprint density at radius 2 is 2.04 bits per heavy atom. The molecule has 0 saturated carbocycles. The lowest BCUT2D eigenvalue weighted by Crippen LogP contribution is -2.45. The average molecular weight is 386 g/mol. The minimum atomic E-state index is -4.54. The number of carbonyl (C=O) groups excluding carboxylic acids is 2. The second-order valence-electron chi connectivity index (χ2n) is 6.40. The van der Waals surface area contributed by atoms with E-state index in [1.807, 2.05) is 4.90 Å². The number of halogens is 3. The second kappa shape index (κ2) is 8.03. The Labute approximate surface area is 154 Å². The molecule has 1 aromatic carbocycles. The van der Waals surface area contributed by atoms with Crippen LogP contribution in [0, 0.1) is 0 Å². The summed E-state index contributed by atoms with van der Waals surface area (Å²) in [4.78, 5) is 25.2. The summed E-state index contributed by atoms with van der Waals surface area (Å²) in [6.07, 6.45) is -4.09. The van der Waals surface area contributed by atoms with Crippen LogP contribution in [0.4, 0.5) is 23.7 Å². The van der Waals surface area contributed by atoms with Crippen molar-refractivity contribution in [2.24, 2.45) is 0 Å². The maximum atomic E-state index is 13.5. The van der Waals surface area contributed by atoms with Crippen molar-refractivity contribution in [3.63, 3.8) is 0 Å². The highest BCUT2D eigenvalue weighted by Crippen LogP contribution is 2.35. The fourth-order valence-corrected chi connectivity index (χ4v) is 3.12. The summed E-state index contributed by atoms with van der Waals surface area (Å²) in [5.41, 5.74) is -0.350. The first kappa shape index (κ1) is 19.3. The molecule has 0 aliphatic carbocycles. The molecule has 3 amide bonds. The van der Waals surface area contributed by atoms with Gasteiger partial charge in [0.2, 0.25) is 5.91 Å². The van der Waals surface area contributed by atoms with Crippen LogP contribution in [0.15, 0.2) is 18.2 Å². The van der Waals surface area contributed by atoms with Crippen molar-refractivity contribution in [3.8, 4) is 0 Å². The molecule has 2 aliphatic rings. The summed E-state index contributed by atoms with van der Waals surface area (Å²) in [6, 6.07) is 2.75. The topological polar surface area (TPSA) is 82.7 Å². The summed E-state index contributed by atoms with van der Waals surface area (Å²) in [7, 11) is 0. The number of amides is 3. The van der Waals surface area contributed by atoms with E-state index in [1.54, 1.807) is 6.07 Å². The summed E-state index contributed by atoms with van der Waals surface area (Å²) in [5.74, 6) is -0.295. The number of rotatable bonds is 4. The quantitative estimate of drug-likeness (QED) is 0.727. The summed E-state index contributed by atoms with van der Waals surface area (Å²) >= 11 is 0. The van der Waals surface area contributed by atoms with Gasteiger partial charge >= 0.3 is 12.2 Å². The average Bonchev–Trinajstić information content (AvgIpc) is 3.04. The molecule has 3 N–H and O–H groups in total. The number of urea groups is 1. The molecule has 10 heteroatoms. The number of nitrogens with one attached hydrogen (secondary N) is 3. The summed E-state index contributed by atoms with van der Waals surface area (Å²) < 4.78 is 45.6. The van der Waals surface area contributed by atoms with Crippen LogP contribution >= 0.6 is 0 Å². The van der Waals surface area contributed by atoms with E-state index in [-0.39, 0.29) is 18.0 Å². The molecule has 1 aromatic rings. The molecule has 0 radical (unpaired) electrons. The van der Waals surface area contributed by atoms with E-state index in [2.05, 4.69) is 16.0 Å². The lowest BCUT2D eigenvalue weighted by Gasteiger charge is -2.29. The highest BCUT2D eigenvalue weighted by Gasteiger charge is 2.34. The molecule has 2 saturated heterocycles. The Morgan fingerprint density at radius 3 is 2.67 bits per heavy atom. The third kappa shape index (κ3) is 4.82. The van der Waals surface area contributed by atoms with Gasteiger partial charge in [-0.3, -0.25) is 4.79 Å². The fraction of sp³-hybridized carbons (Fsp3) is 0.529. The first-order valence-corrected chi connectivity index (χ1v) is 8.69. The van der Waals surface area contributed by atoms with Crippen LogP contribution in [0.1, 0.15) is 17.5 Å². The van der Waals surface area contributed by atoms with Crippen molar-refractivity contribution in [1.29, 1.82) is 0 Å². The maximum Gasteiger partial charge on any atom is 0.416 e. The molecule has 3 rings (SSSR count). The summed E-state index contributed by atoms with van der Waals surface area (Å²) in [5, 5.41) is 7.42. The first-order chi connectivity index (χ1) is 12.8. The number of alkyl halides is 3. The zero-order valence-electron chi connectivity index (χ0n) is 14.6. The van der Waals surface area contributed by atoms with Gasteiger partial charge in [0, 0.05) is 31.9 Å². The van der Waals surface area contributed by atoms with E-state index in [0.29, 0.717) is 45.0 Å². The van der Waals surface area contributed by atoms with E-state index in [9.17, 15) is 22.8 Å². The summed E-state index contributed by atoms with van der Waals surface area (Å²) in [6.45, 7) is 2.17. The number of hydrogen-bond acceptors (Lipinski definition) is 4. The normalized spacial score (nSPS) is 20.3. The number of morpholine rings is 1. The third-order valence-corrected chi connectivity index (χ3v) is 4.57. The Hall–Kier alpha value is -2.49. The molecule has 0 bridgehead atoms. The smallest absolute Gasteiger partial charge is 0.378 e. The van der Waals surface area contributed by atoms with E-state index < -0.39 is 23.8 Å². The van der Waals surface area contributed by atoms with E-state index >= 15 is 0 Å². The van der Waals surface area contributed by atoms with E-state index in [1.165, 1.54) is 6.07 Å². The largest absolute Gasteiger partial charge is 0.416 e. The standard InChI is InChI=1S/C17H21F3N4O3/c18-17(19,20)13-9-12(24-5-7-27-8-6-24)2-1-11(13)10-22-16(26)23-14-3-4-21-15(14)25/h1-2,9,14H,3-8,10H2,(H,21,25)(H2,22,23,26)/t14-/m0/s1. The Bertz CT molecular complexity index is 705. The second-order valence-corrected chi connectivity index (χ2v) is 6.40. The van der Waals surface area contributed by atoms with Crippen LogP contribution in [0.3, 0.4) is 0 Å². The van der Waals surface area contributed by atoms with Crippen molar-refractivity contribution in [2.75, 3.05) is 37.7 Å². The van der Waals surface area contributed by atoms with Gasteiger partial charge in [-0.1, -0.05) is 6.07 Å². The van der Waals surface area contributed by atoms with Gasteiger partial charge in [0.15, 0.2) is 0 Å². The van der Waals surface area contributed by atoms with Gasteiger partial charge in [-0.2, -0.15) is 13.2 Å². The predicted molar refractivity (Wildman–Crippen MR) is 91.3 cm³/mol. The van der Waals surface area contributed by atoms with Crippen LogP contribution < -0.4 is 20.9 Å². The molecule has 0 spiro atoms. The van der Waals surface area contributed by atoms with Gasteiger partial charge in [-0.15, -0.1) is 0 Å². The van der Waals surface area contributed by atoms with Gasteiger partial charge < -0.3 is 25.6 Å². The lowest BCUT2D eigenvalue weighted by molar-refractivity contribution is -0.138. The molecule has 0 unspecified atom stereocenters. The molecular weight excluding hydrogens is 365 g/mol. The molecular formula is C17H21F3N4O3. The van der Waals surface area contributed by atoms with Gasteiger partial charge in [0.1, 0.15) is 6.04 Å². The number of ether oxygens (including phenoxy) is 1. The number of nitrogens with zero attached hydrogens (tertiary/aromatic N) is 1. The third-order valence-electron chi connectivity index (χ3n) is 4.57. The maximum absolute atomic E-state index is 13.5. The van der Waals surface area contributed by atoms with Crippen LogP contribution in [0.5, 0.6) is 0 Å². The molecule has 2 fully saturated rings. The highest BCUT2D eigenvalue weighted by molar-refractivity contribution is 5.88. The number of anilines is 1. The number of hydrogen-bond donors (Lipinski definition) is 3. The SMILES string of the molecule is O=C(NCc1ccc(N2CCOCC2)cc1C(F)(F)F)N[C@H]1CCNC1=O. The van der Waals surface area contributed by atoms with E-state index in [4.69, 9.17) is 4.74 Å². The zero-order valence-corrected chi connectivity index (χ0v) is 14.6. The minimum Gasteiger partial charge on any atom is -0.378 e. The molecule has 0 aromatic heterocycles. The van der Waals surface area contributed by atoms with Crippen molar-refractivity contribution < 1.29 is 27.5 Å². The van der Waals surface area contributed by atoms with E-state index in [0.717, 1.165) is 6.07 Å². The number of benzene rings is 1. The lowest BCUT2D eigenvalue weighted by atomic mass is 10.0. The molecule has 2 heterocycles. The number of carbonyl (C=O) groups is 2. The zero-order chi connectivity index (χ0) is 19.4. The molecule has 148 valence electrons. The molecule has 2 aliphatic heterocycles. The Kier molecular flexibility index (Phi) is 5.73. The molecule has 1 atom stereocenters. The van der Waals surface area contributed by atoms with Crippen LogP contribution in [-0.4, -0.2) is 50.8 Å². The minimum absolute atomic E-state index is 0.0365. The van der Waals surface area contributed by atoms with Crippen molar-refractivity contribution in [3.05, 3.63) is 29.3 Å². The molecule has 7 nitrogen and oxygen atoms in total. The Morgan fingerprint density at radius 1 is 1.30 bits per heavy atom. The van der Waals surface area contributed by atoms with Crippen molar-refractivity contribution in [1.82, 2.24) is 16.0 Å². The van der Waals surface area contributed by atoms with Crippen molar-refractivity contribution in [2.45, 2.75) is 25.2 Å². The predicted octanol–water partition coefficient (Wildman–Crippen LogP) is 1.23. The van der Waals surface area contributed by atoms with Crippen molar-refractivity contribution >= 4 is 17.6 Å². The first-order valence-electron chi connectivity index (χ1n) is 8.69. The van der Waals surface area contributed by atoms with Crippen LogP contribution in [0.2, 0.25) is 0 Å². The fourth-order valence-electron chi connectivity index (χ4n) is 3.12. The monoisotopic (exact) mass is 386 g/mol. The molecule has 27 heavy (non-hydrogen) atoms. The van der Waals surface area contributed by atoms with Crippen LogP contribution in [-0.2, 0) is 22.3 Å². The van der Waals surface area contributed by atoms with Gasteiger partial charge in [-0.25, -0.2) is 4.79 Å². The van der Waals surface area contributed by atoms with Crippen LogP contribution in [0.25, 0.3) is 0 Å². The van der Waals surface area contributed by atoms with Gasteiger partial charge in [-0.05, 0) is 24.1 Å². The Balaban J connectivity index is 1.68.